The highest BCUT2D eigenvalue weighted by molar-refractivity contribution is 6.32. The number of amides is 1. The van der Waals surface area contributed by atoms with Crippen LogP contribution in [0.25, 0.3) is 0 Å². The van der Waals surface area contributed by atoms with Gasteiger partial charge in [0.1, 0.15) is 6.07 Å². The SMILES string of the molecule is N#Cc1ccc(NC(=O)c2cccc(C(F)(F)F)c2)cc1Cl. The Morgan fingerprint density at radius 1 is 1.18 bits per heavy atom. The van der Waals surface area contributed by atoms with Gasteiger partial charge < -0.3 is 5.32 Å². The number of carbonyl (C=O) groups excluding carboxylic acids is 1. The number of nitrogens with zero attached hydrogens (tertiary/aromatic N) is 1. The van der Waals surface area contributed by atoms with Crippen molar-refractivity contribution in [3.8, 4) is 6.07 Å². The highest BCUT2D eigenvalue weighted by atomic mass is 35.5. The molecule has 0 atom stereocenters. The maximum atomic E-state index is 12.6. The van der Waals surface area contributed by atoms with E-state index in [1.54, 1.807) is 0 Å². The van der Waals surface area contributed by atoms with Crippen molar-refractivity contribution in [2.24, 2.45) is 0 Å². The van der Waals surface area contributed by atoms with Gasteiger partial charge in [-0.2, -0.15) is 18.4 Å². The predicted molar refractivity (Wildman–Crippen MR) is 75.6 cm³/mol. The number of carbonyl (C=O) groups is 1. The Morgan fingerprint density at radius 3 is 2.50 bits per heavy atom. The van der Waals surface area contributed by atoms with Crippen molar-refractivity contribution in [3.63, 3.8) is 0 Å². The van der Waals surface area contributed by atoms with Gasteiger partial charge in [0, 0.05) is 11.3 Å². The van der Waals surface area contributed by atoms with E-state index in [2.05, 4.69) is 5.32 Å². The minimum Gasteiger partial charge on any atom is -0.322 e. The van der Waals surface area contributed by atoms with Gasteiger partial charge in [0.05, 0.1) is 16.1 Å². The Hall–Kier alpha value is -2.52. The highest BCUT2D eigenvalue weighted by Crippen LogP contribution is 2.29. The number of anilines is 1. The number of rotatable bonds is 2. The monoisotopic (exact) mass is 324 g/mol. The average Bonchev–Trinajstić information content (AvgIpc) is 2.46. The lowest BCUT2D eigenvalue weighted by Crippen LogP contribution is -2.14. The first-order valence-electron chi connectivity index (χ1n) is 5.99. The van der Waals surface area contributed by atoms with Gasteiger partial charge in [0.2, 0.25) is 0 Å². The molecule has 22 heavy (non-hydrogen) atoms. The van der Waals surface area contributed by atoms with Gasteiger partial charge in [-0.25, -0.2) is 0 Å². The summed E-state index contributed by atoms with van der Waals surface area (Å²) >= 11 is 5.82. The van der Waals surface area contributed by atoms with Gasteiger partial charge in [-0.05, 0) is 36.4 Å². The van der Waals surface area contributed by atoms with E-state index >= 15 is 0 Å². The van der Waals surface area contributed by atoms with Gasteiger partial charge in [0.15, 0.2) is 0 Å². The maximum absolute atomic E-state index is 12.6. The Bertz CT molecular complexity index is 766. The molecule has 112 valence electrons. The molecule has 2 aromatic rings. The van der Waals surface area contributed by atoms with Crippen molar-refractivity contribution in [2.75, 3.05) is 5.32 Å². The zero-order chi connectivity index (χ0) is 16.3. The molecule has 0 saturated carbocycles. The van der Waals surface area contributed by atoms with Crippen LogP contribution in [-0.2, 0) is 6.18 Å². The van der Waals surface area contributed by atoms with Gasteiger partial charge >= 0.3 is 6.18 Å². The van der Waals surface area contributed by atoms with E-state index in [9.17, 15) is 18.0 Å². The van der Waals surface area contributed by atoms with Crippen molar-refractivity contribution in [2.45, 2.75) is 6.18 Å². The Balaban J connectivity index is 2.23. The standard InChI is InChI=1S/C15H8ClF3N2O/c16-13-7-12(5-4-10(13)8-20)21-14(22)9-2-1-3-11(6-9)15(17,18)19/h1-7H,(H,21,22). The molecule has 0 spiro atoms. The summed E-state index contributed by atoms with van der Waals surface area (Å²) < 4.78 is 37.8. The molecule has 0 fully saturated rings. The first-order chi connectivity index (χ1) is 10.3. The molecular weight excluding hydrogens is 317 g/mol. The van der Waals surface area contributed by atoms with Gasteiger partial charge in [0.25, 0.3) is 5.91 Å². The van der Waals surface area contributed by atoms with Crippen LogP contribution in [-0.4, -0.2) is 5.91 Å². The van der Waals surface area contributed by atoms with E-state index < -0.39 is 17.6 Å². The largest absolute Gasteiger partial charge is 0.416 e. The predicted octanol–water partition coefficient (Wildman–Crippen LogP) is 4.48. The number of hydrogen-bond acceptors (Lipinski definition) is 2. The normalized spacial score (nSPS) is 10.9. The van der Waals surface area contributed by atoms with E-state index in [1.807, 2.05) is 6.07 Å². The van der Waals surface area contributed by atoms with Crippen LogP contribution < -0.4 is 5.32 Å². The summed E-state index contributed by atoms with van der Waals surface area (Å²) in [6.07, 6.45) is -4.52. The van der Waals surface area contributed by atoms with E-state index in [0.29, 0.717) is 0 Å². The molecule has 7 heteroatoms. The van der Waals surface area contributed by atoms with Crippen molar-refractivity contribution >= 4 is 23.2 Å². The zero-order valence-electron chi connectivity index (χ0n) is 10.9. The van der Waals surface area contributed by atoms with Crippen molar-refractivity contribution in [1.29, 1.82) is 5.26 Å². The van der Waals surface area contributed by atoms with Crippen LogP contribution in [0.5, 0.6) is 0 Å². The molecule has 0 radical (unpaired) electrons. The van der Waals surface area contributed by atoms with E-state index in [4.69, 9.17) is 16.9 Å². The molecule has 0 unspecified atom stereocenters. The molecule has 0 aliphatic carbocycles. The number of benzene rings is 2. The Labute approximate surface area is 128 Å². The molecule has 0 aromatic heterocycles. The van der Waals surface area contributed by atoms with Crippen molar-refractivity contribution in [1.82, 2.24) is 0 Å². The molecule has 0 bridgehead atoms. The average molecular weight is 325 g/mol. The van der Waals surface area contributed by atoms with E-state index in [1.165, 1.54) is 24.3 Å². The number of alkyl halides is 3. The zero-order valence-corrected chi connectivity index (χ0v) is 11.7. The minimum atomic E-state index is -4.52. The van der Waals surface area contributed by atoms with Crippen LogP contribution in [0.3, 0.4) is 0 Å². The van der Waals surface area contributed by atoms with Crippen molar-refractivity contribution < 1.29 is 18.0 Å². The third-order valence-electron chi connectivity index (χ3n) is 2.80. The first kappa shape index (κ1) is 15.9. The second kappa shape index (κ2) is 6.08. The molecular formula is C15H8ClF3N2O. The summed E-state index contributed by atoms with van der Waals surface area (Å²) in [7, 11) is 0. The first-order valence-corrected chi connectivity index (χ1v) is 6.37. The number of halogens is 4. The van der Waals surface area contributed by atoms with Crippen LogP contribution in [0.2, 0.25) is 5.02 Å². The summed E-state index contributed by atoms with van der Waals surface area (Å²) in [5.41, 5.74) is -0.515. The van der Waals surface area contributed by atoms with Crippen LogP contribution in [0.1, 0.15) is 21.5 Å². The topological polar surface area (TPSA) is 52.9 Å². The van der Waals surface area contributed by atoms with Crippen LogP contribution in [0.4, 0.5) is 18.9 Å². The number of nitrogens with one attached hydrogen (secondary N) is 1. The summed E-state index contributed by atoms with van der Waals surface area (Å²) in [6.45, 7) is 0. The second-order valence-corrected chi connectivity index (χ2v) is 4.75. The molecule has 2 rings (SSSR count). The molecule has 1 amide bonds. The fourth-order valence-electron chi connectivity index (χ4n) is 1.72. The molecule has 2 aromatic carbocycles. The van der Waals surface area contributed by atoms with E-state index in [-0.39, 0.29) is 21.8 Å². The van der Waals surface area contributed by atoms with Gasteiger partial charge in [-0.15, -0.1) is 0 Å². The second-order valence-electron chi connectivity index (χ2n) is 4.34. The summed E-state index contributed by atoms with van der Waals surface area (Å²) in [6, 6.07) is 10.1. The molecule has 0 heterocycles. The quantitative estimate of drug-likeness (QED) is 0.885. The Kier molecular flexibility index (Phi) is 4.38. The van der Waals surface area contributed by atoms with Crippen molar-refractivity contribution in [3.05, 3.63) is 64.2 Å². The number of nitriles is 1. The maximum Gasteiger partial charge on any atom is 0.416 e. The van der Waals surface area contributed by atoms with Crippen LogP contribution in [0, 0.1) is 11.3 Å². The minimum absolute atomic E-state index is 0.129. The molecule has 0 aliphatic heterocycles. The summed E-state index contributed by atoms with van der Waals surface area (Å²) in [4.78, 5) is 12.0. The molecule has 1 N–H and O–H groups in total. The molecule has 0 saturated heterocycles. The lowest BCUT2D eigenvalue weighted by Gasteiger charge is -2.09. The lowest BCUT2D eigenvalue weighted by atomic mass is 10.1. The van der Waals surface area contributed by atoms with E-state index in [0.717, 1.165) is 18.2 Å². The fourth-order valence-corrected chi connectivity index (χ4v) is 1.95. The van der Waals surface area contributed by atoms with Gasteiger partial charge in [-0.3, -0.25) is 4.79 Å². The third-order valence-corrected chi connectivity index (χ3v) is 3.11. The fraction of sp³-hybridized carbons (Fsp3) is 0.0667. The molecule has 0 aliphatic rings. The van der Waals surface area contributed by atoms with Gasteiger partial charge in [-0.1, -0.05) is 17.7 Å². The number of hydrogen-bond donors (Lipinski definition) is 1. The molecule has 3 nitrogen and oxygen atoms in total. The smallest absolute Gasteiger partial charge is 0.322 e. The summed E-state index contributed by atoms with van der Waals surface area (Å²) in [5, 5.41) is 11.3. The third kappa shape index (κ3) is 3.57. The van der Waals surface area contributed by atoms with Crippen LogP contribution >= 0.6 is 11.6 Å². The summed E-state index contributed by atoms with van der Waals surface area (Å²) in [5.74, 6) is -0.702. The highest BCUT2D eigenvalue weighted by Gasteiger charge is 2.30. The Morgan fingerprint density at radius 2 is 1.91 bits per heavy atom. The lowest BCUT2D eigenvalue weighted by molar-refractivity contribution is -0.137. The van der Waals surface area contributed by atoms with Crippen LogP contribution in [0.15, 0.2) is 42.5 Å².